The number of aromatic nitrogens is 7. The molecule has 1 atom stereocenters. The predicted molar refractivity (Wildman–Crippen MR) is 117 cm³/mol. The zero-order valence-corrected chi connectivity index (χ0v) is 18.7. The van der Waals surface area contributed by atoms with Gasteiger partial charge in [0.15, 0.2) is 5.65 Å². The van der Waals surface area contributed by atoms with Crippen molar-refractivity contribution in [3.05, 3.63) is 53.4 Å². The Bertz CT molecular complexity index is 1350. The Morgan fingerprint density at radius 3 is 2.50 bits per heavy atom. The zero-order chi connectivity index (χ0) is 24.0. The van der Waals surface area contributed by atoms with Crippen molar-refractivity contribution in [3.8, 4) is 11.3 Å². The quantitative estimate of drug-likeness (QED) is 0.450. The van der Waals surface area contributed by atoms with Crippen molar-refractivity contribution >= 4 is 17.1 Å². The van der Waals surface area contributed by atoms with E-state index in [9.17, 15) is 13.2 Å². The molecule has 0 spiro atoms. The first-order valence-electron chi connectivity index (χ1n) is 10.6. The van der Waals surface area contributed by atoms with Crippen LogP contribution in [-0.2, 0) is 18.0 Å². The van der Waals surface area contributed by atoms with Crippen molar-refractivity contribution in [1.29, 1.82) is 0 Å². The molecule has 0 radical (unpaired) electrons. The summed E-state index contributed by atoms with van der Waals surface area (Å²) in [4.78, 5) is 24.1. The molecule has 0 N–H and O–H groups in total. The Labute approximate surface area is 192 Å². The van der Waals surface area contributed by atoms with Gasteiger partial charge in [-0.1, -0.05) is 0 Å². The van der Waals surface area contributed by atoms with Gasteiger partial charge in [-0.25, -0.2) is 15.0 Å². The van der Waals surface area contributed by atoms with Crippen LogP contribution in [0.15, 0.2) is 30.7 Å². The maximum atomic E-state index is 13.0. The minimum absolute atomic E-state index is 0.219. The van der Waals surface area contributed by atoms with Crippen LogP contribution in [0.5, 0.6) is 0 Å². The van der Waals surface area contributed by atoms with E-state index in [-0.39, 0.29) is 6.10 Å². The van der Waals surface area contributed by atoms with Crippen molar-refractivity contribution in [2.24, 2.45) is 7.05 Å². The summed E-state index contributed by atoms with van der Waals surface area (Å²) in [6, 6.07) is 2.28. The molecule has 4 aromatic heterocycles. The number of fused-ring (bicyclic) bond motifs is 1. The fourth-order valence-corrected chi connectivity index (χ4v) is 3.78. The lowest BCUT2D eigenvalue weighted by Gasteiger charge is -2.32. The lowest BCUT2D eigenvalue weighted by molar-refractivity contribution is -0.141. The summed E-state index contributed by atoms with van der Waals surface area (Å²) in [5, 5.41) is 4.21. The summed E-state index contributed by atoms with van der Waals surface area (Å²) in [6.07, 6.45) is 0.0607. The third kappa shape index (κ3) is 4.16. The number of halogens is 3. The van der Waals surface area contributed by atoms with Gasteiger partial charge in [0.25, 0.3) is 0 Å². The molecule has 0 aromatic carbocycles. The summed E-state index contributed by atoms with van der Waals surface area (Å²) in [5.74, 6) is 0.400. The zero-order valence-electron chi connectivity index (χ0n) is 18.7. The van der Waals surface area contributed by atoms with Crippen molar-refractivity contribution in [2.45, 2.75) is 26.1 Å². The van der Waals surface area contributed by atoms with Crippen LogP contribution in [0.2, 0.25) is 0 Å². The number of hydrogen-bond acceptors (Lipinski definition) is 8. The van der Waals surface area contributed by atoms with Gasteiger partial charge in [-0.2, -0.15) is 23.3 Å². The van der Waals surface area contributed by atoms with Crippen LogP contribution in [0.4, 0.5) is 19.1 Å². The van der Waals surface area contributed by atoms with Gasteiger partial charge in [-0.05, 0) is 26.0 Å². The molecule has 1 fully saturated rings. The van der Waals surface area contributed by atoms with Crippen molar-refractivity contribution in [3.63, 3.8) is 0 Å². The van der Waals surface area contributed by atoms with Crippen LogP contribution in [0.25, 0.3) is 22.4 Å². The Hall–Kier alpha value is -3.67. The summed E-state index contributed by atoms with van der Waals surface area (Å²) < 4.78 is 46.7. The molecule has 9 nitrogen and oxygen atoms in total. The first kappa shape index (κ1) is 22.1. The van der Waals surface area contributed by atoms with Gasteiger partial charge in [-0.3, -0.25) is 9.67 Å². The minimum atomic E-state index is -4.53. The van der Waals surface area contributed by atoms with Crippen LogP contribution in [0.3, 0.4) is 0 Å². The maximum Gasteiger partial charge on any atom is 0.433 e. The van der Waals surface area contributed by atoms with Gasteiger partial charge in [0.2, 0.25) is 5.95 Å². The smallest absolute Gasteiger partial charge is 0.370 e. The van der Waals surface area contributed by atoms with Crippen LogP contribution >= 0.6 is 0 Å². The third-order valence-corrected chi connectivity index (χ3v) is 5.70. The number of anilines is 1. The third-order valence-electron chi connectivity index (χ3n) is 5.70. The average molecular weight is 470 g/mol. The molecule has 1 aliphatic heterocycles. The molecule has 12 heteroatoms. The molecule has 0 bridgehead atoms. The van der Waals surface area contributed by atoms with E-state index in [1.807, 2.05) is 32.0 Å². The monoisotopic (exact) mass is 470 g/mol. The molecule has 1 aliphatic rings. The molecule has 1 unspecified atom stereocenters. The second-order valence-corrected chi connectivity index (χ2v) is 8.12. The molecule has 5 rings (SSSR count). The highest BCUT2D eigenvalue weighted by molar-refractivity contribution is 5.87. The molecule has 0 aliphatic carbocycles. The normalized spacial score (nSPS) is 16.9. The first-order chi connectivity index (χ1) is 16.2. The average Bonchev–Trinajstić information content (AvgIpc) is 3.25. The second kappa shape index (κ2) is 8.28. The fourth-order valence-electron chi connectivity index (χ4n) is 3.78. The van der Waals surface area contributed by atoms with Gasteiger partial charge in [-0.15, -0.1) is 0 Å². The van der Waals surface area contributed by atoms with Crippen LogP contribution < -0.4 is 4.90 Å². The lowest BCUT2D eigenvalue weighted by atomic mass is 10.1. The number of pyridine rings is 1. The van der Waals surface area contributed by atoms with E-state index in [1.165, 1.54) is 6.07 Å². The SMILES string of the molecule is Cc1nc2nc(N3CCOC(c4cnn(C)c4)C3)nc(-c3ccc(C(F)(F)F)nc3)c2nc1C. The Kier molecular flexibility index (Phi) is 5.39. The van der Waals surface area contributed by atoms with E-state index in [0.717, 1.165) is 17.8 Å². The second-order valence-electron chi connectivity index (χ2n) is 8.12. The predicted octanol–water partition coefficient (Wildman–Crippen LogP) is 3.43. The number of hydrogen-bond donors (Lipinski definition) is 0. The van der Waals surface area contributed by atoms with Crippen LogP contribution in [0.1, 0.15) is 28.7 Å². The topological polar surface area (TPSA) is 94.7 Å². The van der Waals surface area contributed by atoms with Crippen molar-refractivity contribution < 1.29 is 17.9 Å². The molecule has 34 heavy (non-hydrogen) atoms. The summed E-state index contributed by atoms with van der Waals surface area (Å²) >= 11 is 0. The van der Waals surface area contributed by atoms with E-state index in [4.69, 9.17) is 9.72 Å². The van der Waals surface area contributed by atoms with Crippen LogP contribution in [-0.4, -0.2) is 54.4 Å². The Balaban J connectivity index is 1.58. The van der Waals surface area contributed by atoms with Gasteiger partial charge < -0.3 is 9.64 Å². The Morgan fingerprint density at radius 1 is 1.03 bits per heavy atom. The number of aryl methyl sites for hydroxylation is 3. The molecule has 0 saturated carbocycles. The number of morpholine rings is 1. The Morgan fingerprint density at radius 2 is 1.82 bits per heavy atom. The fraction of sp³-hybridized carbons (Fsp3) is 0.364. The van der Waals surface area contributed by atoms with Gasteiger partial charge in [0, 0.05) is 37.1 Å². The highest BCUT2D eigenvalue weighted by atomic mass is 19.4. The number of nitrogens with zero attached hydrogens (tertiary/aromatic N) is 8. The largest absolute Gasteiger partial charge is 0.433 e. The standard InChI is InChI=1S/C22H21F3N8O/c1-12-13(2)29-20-19(28-12)18(14-4-5-17(26-8-14)22(23,24)25)30-21(31-20)33-6-7-34-16(11-33)15-9-27-32(3)10-15/h4-5,8-10,16H,6-7,11H2,1-3H3. The lowest BCUT2D eigenvalue weighted by Crippen LogP contribution is -2.39. The van der Waals surface area contributed by atoms with Crippen molar-refractivity contribution in [2.75, 3.05) is 24.6 Å². The molecular weight excluding hydrogens is 449 g/mol. The highest BCUT2D eigenvalue weighted by Gasteiger charge is 2.32. The van der Waals surface area contributed by atoms with E-state index in [2.05, 4.69) is 25.0 Å². The van der Waals surface area contributed by atoms with Gasteiger partial charge >= 0.3 is 6.18 Å². The van der Waals surface area contributed by atoms with E-state index < -0.39 is 11.9 Å². The number of ether oxygens (including phenoxy) is 1. The molecule has 0 amide bonds. The molecular formula is C22H21F3N8O. The number of rotatable bonds is 3. The number of alkyl halides is 3. The maximum absolute atomic E-state index is 13.0. The van der Waals surface area contributed by atoms with E-state index >= 15 is 0 Å². The van der Waals surface area contributed by atoms with Gasteiger partial charge in [0.1, 0.15) is 23.0 Å². The molecule has 4 aromatic rings. The minimum Gasteiger partial charge on any atom is -0.370 e. The first-order valence-corrected chi connectivity index (χ1v) is 10.6. The van der Waals surface area contributed by atoms with E-state index in [0.29, 0.717) is 59.5 Å². The molecule has 176 valence electrons. The van der Waals surface area contributed by atoms with Crippen LogP contribution in [0, 0.1) is 13.8 Å². The molecule has 5 heterocycles. The summed E-state index contributed by atoms with van der Waals surface area (Å²) in [7, 11) is 1.84. The van der Waals surface area contributed by atoms with Gasteiger partial charge in [0.05, 0.1) is 30.7 Å². The summed E-state index contributed by atoms with van der Waals surface area (Å²) in [5.41, 5.74) is 2.92. The van der Waals surface area contributed by atoms with Crippen molar-refractivity contribution in [1.82, 2.24) is 34.7 Å². The molecule has 1 saturated heterocycles. The highest BCUT2D eigenvalue weighted by Crippen LogP contribution is 2.32. The summed E-state index contributed by atoms with van der Waals surface area (Å²) in [6.45, 7) is 5.13. The van der Waals surface area contributed by atoms with E-state index in [1.54, 1.807) is 10.9 Å².